The molecule has 3 rings (SSSR count). The van der Waals surface area contributed by atoms with Crippen molar-refractivity contribution < 1.29 is 14.0 Å². The maximum atomic E-state index is 13.8. The van der Waals surface area contributed by atoms with E-state index in [1.54, 1.807) is 42.5 Å². The summed E-state index contributed by atoms with van der Waals surface area (Å²) in [6.45, 7) is 0.145. The van der Waals surface area contributed by atoms with E-state index in [0.29, 0.717) is 25.5 Å². The molecular formula is C19H14ClFN2O2S2. The Morgan fingerprint density at radius 1 is 1.26 bits per heavy atom. The molecule has 138 valence electrons. The van der Waals surface area contributed by atoms with Crippen molar-refractivity contribution >= 4 is 63.5 Å². The highest BCUT2D eigenvalue weighted by molar-refractivity contribution is 8.26. The van der Waals surface area contributed by atoms with Crippen LogP contribution in [-0.2, 0) is 9.59 Å². The van der Waals surface area contributed by atoms with Gasteiger partial charge in [0.05, 0.1) is 4.91 Å². The normalized spacial score (nSPS) is 15.5. The van der Waals surface area contributed by atoms with Crippen molar-refractivity contribution in [3.63, 3.8) is 0 Å². The van der Waals surface area contributed by atoms with E-state index >= 15 is 0 Å². The van der Waals surface area contributed by atoms with E-state index < -0.39 is 5.82 Å². The number of halogens is 2. The summed E-state index contributed by atoms with van der Waals surface area (Å²) in [6.07, 6.45) is 1.55. The molecular weight excluding hydrogens is 407 g/mol. The molecule has 0 aromatic heterocycles. The Labute approximate surface area is 170 Å². The van der Waals surface area contributed by atoms with Crippen LogP contribution in [0.25, 0.3) is 6.08 Å². The molecule has 0 bridgehead atoms. The van der Waals surface area contributed by atoms with E-state index in [1.165, 1.54) is 17.0 Å². The Hall–Kier alpha value is -2.22. The minimum absolute atomic E-state index is 0.0753. The minimum atomic E-state index is -0.413. The molecule has 0 aliphatic carbocycles. The largest absolute Gasteiger partial charge is 0.326 e. The summed E-state index contributed by atoms with van der Waals surface area (Å²) in [5.41, 5.74) is 0.897. The van der Waals surface area contributed by atoms with E-state index in [4.69, 9.17) is 23.8 Å². The zero-order valence-electron chi connectivity index (χ0n) is 13.9. The summed E-state index contributed by atoms with van der Waals surface area (Å²) in [6, 6.07) is 13.0. The zero-order chi connectivity index (χ0) is 19.4. The lowest BCUT2D eigenvalue weighted by Gasteiger charge is -2.14. The number of nitrogens with zero attached hydrogens (tertiary/aromatic N) is 1. The van der Waals surface area contributed by atoms with Gasteiger partial charge in [-0.3, -0.25) is 14.5 Å². The van der Waals surface area contributed by atoms with Crippen LogP contribution < -0.4 is 5.32 Å². The molecule has 0 unspecified atom stereocenters. The number of hydrogen-bond acceptors (Lipinski definition) is 4. The van der Waals surface area contributed by atoms with Gasteiger partial charge < -0.3 is 5.32 Å². The molecule has 27 heavy (non-hydrogen) atoms. The maximum absolute atomic E-state index is 13.8. The fraction of sp³-hybridized carbons (Fsp3) is 0.105. The lowest BCUT2D eigenvalue weighted by molar-refractivity contribution is -0.122. The summed E-state index contributed by atoms with van der Waals surface area (Å²) >= 11 is 12.2. The second kappa shape index (κ2) is 8.65. The second-order valence-corrected chi connectivity index (χ2v) is 7.78. The molecule has 1 aliphatic heterocycles. The van der Waals surface area contributed by atoms with Gasteiger partial charge in [-0.2, -0.15) is 0 Å². The van der Waals surface area contributed by atoms with Crippen molar-refractivity contribution in [2.45, 2.75) is 6.42 Å². The van der Waals surface area contributed by atoms with Gasteiger partial charge in [0.15, 0.2) is 0 Å². The number of carbonyl (C=O) groups excluding carboxylic acids is 2. The van der Waals surface area contributed by atoms with E-state index in [9.17, 15) is 14.0 Å². The minimum Gasteiger partial charge on any atom is -0.326 e. The first-order valence-electron chi connectivity index (χ1n) is 7.99. The van der Waals surface area contributed by atoms with Crippen LogP contribution in [0.2, 0.25) is 5.02 Å². The smallest absolute Gasteiger partial charge is 0.266 e. The van der Waals surface area contributed by atoms with Crippen LogP contribution in [0.3, 0.4) is 0 Å². The summed E-state index contributed by atoms with van der Waals surface area (Å²) in [5.74, 6) is -1.00. The molecule has 2 aromatic carbocycles. The van der Waals surface area contributed by atoms with E-state index in [2.05, 4.69) is 5.32 Å². The third-order valence-electron chi connectivity index (χ3n) is 3.74. The summed E-state index contributed by atoms with van der Waals surface area (Å²) in [7, 11) is 0. The zero-order valence-corrected chi connectivity index (χ0v) is 16.3. The van der Waals surface area contributed by atoms with Gasteiger partial charge in [-0.25, -0.2) is 4.39 Å². The highest BCUT2D eigenvalue weighted by atomic mass is 35.5. The van der Waals surface area contributed by atoms with Crippen LogP contribution in [0.4, 0.5) is 10.1 Å². The quantitative estimate of drug-likeness (QED) is 0.562. The van der Waals surface area contributed by atoms with E-state index in [-0.39, 0.29) is 24.8 Å². The van der Waals surface area contributed by atoms with Crippen LogP contribution in [0.1, 0.15) is 12.0 Å². The molecule has 2 amide bonds. The third kappa shape index (κ3) is 4.94. The van der Waals surface area contributed by atoms with Crippen LogP contribution >= 0.6 is 35.6 Å². The standard InChI is InChI=1S/C19H14ClFN2O2S2/c20-13-5-3-6-14(11-13)22-17(24)8-9-23-18(25)16(27-19(23)26)10-12-4-1-2-7-15(12)21/h1-7,10-11H,8-9H2,(H,22,24)/b16-10-. The first kappa shape index (κ1) is 19.5. The summed E-state index contributed by atoms with van der Waals surface area (Å²) in [5, 5.41) is 3.24. The summed E-state index contributed by atoms with van der Waals surface area (Å²) < 4.78 is 14.1. The molecule has 0 atom stereocenters. The van der Waals surface area contributed by atoms with Gasteiger partial charge in [0.25, 0.3) is 5.91 Å². The van der Waals surface area contributed by atoms with Gasteiger partial charge in [-0.05, 0) is 30.3 Å². The SMILES string of the molecule is O=C(CCN1C(=O)/C(=C/c2ccccc2F)SC1=S)Nc1cccc(Cl)c1. The van der Waals surface area contributed by atoms with Crippen molar-refractivity contribution in [2.75, 3.05) is 11.9 Å². The van der Waals surface area contributed by atoms with Crippen molar-refractivity contribution in [3.8, 4) is 0 Å². The molecule has 0 radical (unpaired) electrons. The predicted octanol–water partition coefficient (Wildman–Crippen LogP) is 4.71. The molecule has 8 heteroatoms. The highest BCUT2D eigenvalue weighted by Gasteiger charge is 2.32. The lowest BCUT2D eigenvalue weighted by atomic mass is 10.2. The Bertz CT molecular complexity index is 949. The lowest BCUT2D eigenvalue weighted by Crippen LogP contribution is -2.31. The third-order valence-corrected chi connectivity index (χ3v) is 5.35. The molecule has 0 spiro atoms. The van der Waals surface area contributed by atoms with Crippen molar-refractivity contribution in [2.24, 2.45) is 0 Å². The van der Waals surface area contributed by atoms with Gasteiger partial charge in [0, 0.05) is 29.2 Å². The summed E-state index contributed by atoms with van der Waals surface area (Å²) in [4.78, 5) is 26.3. The monoisotopic (exact) mass is 420 g/mol. The number of rotatable bonds is 5. The molecule has 1 saturated heterocycles. The van der Waals surface area contributed by atoms with Crippen LogP contribution in [0.5, 0.6) is 0 Å². The van der Waals surface area contributed by atoms with Crippen molar-refractivity contribution in [3.05, 3.63) is 69.8 Å². The van der Waals surface area contributed by atoms with Crippen LogP contribution in [0, 0.1) is 5.82 Å². The number of thiocarbonyl (C=S) groups is 1. The van der Waals surface area contributed by atoms with Crippen LogP contribution in [-0.4, -0.2) is 27.6 Å². The van der Waals surface area contributed by atoms with E-state index in [1.807, 2.05) is 0 Å². The highest BCUT2D eigenvalue weighted by Crippen LogP contribution is 2.33. The molecule has 4 nitrogen and oxygen atoms in total. The fourth-order valence-electron chi connectivity index (χ4n) is 2.43. The number of amides is 2. The molecule has 1 fully saturated rings. The first-order valence-corrected chi connectivity index (χ1v) is 9.59. The van der Waals surface area contributed by atoms with Crippen molar-refractivity contribution in [1.29, 1.82) is 0 Å². The number of anilines is 1. The second-order valence-electron chi connectivity index (χ2n) is 5.66. The topological polar surface area (TPSA) is 49.4 Å². The van der Waals surface area contributed by atoms with Gasteiger partial charge in [0.1, 0.15) is 10.1 Å². The number of thioether (sulfide) groups is 1. The average molecular weight is 421 g/mol. The first-order chi connectivity index (χ1) is 12.9. The molecule has 0 saturated carbocycles. The Balaban J connectivity index is 1.62. The number of benzene rings is 2. The Morgan fingerprint density at radius 3 is 2.78 bits per heavy atom. The molecule has 2 aromatic rings. The van der Waals surface area contributed by atoms with Gasteiger partial charge in [-0.15, -0.1) is 0 Å². The van der Waals surface area contributed by atoms with Gasteiger partial charge in [0.2, 0.25) is 5.91 Å². The van der Waals surface area contributed by atoms with Gasteiger partial charge >= 0.3 is 0 Å². The molecule has 1 aliphatic rings. The molecule has 1 heterocycles. The average Bonchev–Trinajstić information content (AvgIpc) is 2.88. The number of carbonyl (C=O) groups is 2. The van der Waals surface area contributed by atoms with Crippen molar-refractivity contribution in [1.82, 2.24) is 4.90 Å². The predicted molar refractivity (Wildman–Crippen MR) is 111 cm³/mol. The molecule has 1 N–H and O–H groups in total. The fourth-order valence-corrected chi connectivity index (χ4v) is 3.92. The Kier molecular flexibility index (Phi) is 6.26. The van der Waals surface area contributed by atoms with E-state index in [0.717, 1.165) is 11.8 Å². The number of hydrogen-bond donors (Lipinski definition) is 1. The Morgan fingerprint density at radius 2 is 2.04 bits per heavy atom. The van der Waals surface area contributed by atoms with Gasteiger partial charge in [-0.1, -0.05) is 59.8 Å². The van der Waals surface area contributed by atoms with Crippen LogP contribution in [0.15, 0.2) is 53.4 Å². The number of nitrogens with one attached hydrogen (secondary N) is 1. The maximum Gasteiger partial charge on any atom is 0.266 e.